The Bertz CT molecular complexity index is 2130. The van der Waals surface area contributed by atoms with E-state index in [2.05, 4.69) is 132 Å². The Morgan fingerprint density at radius 1 is 0.500 bits per heavy atom. The SMILES string of the molecule is Clc1ccc2c(c1)c1ccccc1n2-c1ccc2c(c1)C1(c3ccccc3Sc3ccccc31)c1ccccc1-2. The van der Waals surface area contributed by atoms with Gasteiger partial charge in [0.15, 0.2) is 0 Å². The Morgan fingerprint density at radius 3 is 1.93 bits per heavy atom. The van der Waals surface area contributed by atoms with E-state index in [1.807, 2.05) is 17.8 Å². The zero-order valence-electron chi connectivity index (χ0n) is 21.4. The fraction of sp³-hybridized carbons (Fsp3) is 0.0270. The van der Waals surface area contributed by atoms with Crippen molar-refractivity contribution in [1.82, 2.24) is 4.57 Å². The van der Waals surface area contributed by atoms with Crippen molar-refractivity contribution in [3.05, 3.63) is 161 Å². The molecule has 0 saturated carbocycles. The predicted octanol–water partition coefficient (Wildman–Crippen LogP) is 10.3. The number of hydrogen-bond acceptors (Lipinski definition) is 1. The van der Waals surface area contributed by atoms with E-state index in [4.69, 9.17) is 11.6 Å². The average Bonchev–Trinajstić information content (AvgIpc) is 3.48. The van der Waals surface area contributed by atoms with Crippen LogP contribution in [0.3, 0.4) is 0 Å². The zero-order valence-corrected chi connectivity index (χ0v) is 23.0. The minimum atomic E-state index is -0.386. The van der Waals surface area contributed by atoms with E-state index in [1.54, 1.807) is 0 Å². The van der Waals surface area contributed by atoms with Gasteiger partial charge in [-0.1, -0.05) is 108 Å². The van der Waals surface area contributed by atoms with Gasteiger partial charge >= 0.3 is 0 Å². The fourth-order valence-corrected chi connectivity index (χ4v) is 8.57. The lowest BCUT2D eigenvalue weighted by atomic mass is 9.67. The van der Waals surface area contributed by atoms with Gasteiger partial charge in [-0.3, -0.25) is 0 Å². The molecule has 6 aromatic carbocycles. The molecular weight excluding hydrogens is 526 g/mol. The lowest BCUT2D eigenvalue weighted by molar-refractivity contribution is 0.722. The molecule has 0 bridgehead atoms. The predicted molar refractivity (Wildman–Crippen MR) is 167 cm³/mol. The topological polar surface area (TPSA) is 4.93 Å². The van der Waals surface area contributed by atoms with Crippen LogP contribution in [0.4, 0.5) is 0 Å². The molecule has 1 nitrogen and oxygen atoms in total. The summed E-state index contributed by atoms with van der Waals surface area (Å²) in [7, 11) is 0. The second kappa shape index (κ2) is 8.14. The van der Waals surface area contributed by atoms with Crippen molar-refractivity contribution in [3.63, 3.8) is 0 Å². The van der Waals surface area contributed by atoms with Crippen LogP contribution in [0.1, 0.15) is 22.3 Å². The monoisotopic (exact) mass is 547 g/mol. The Morgan fingerprint density at radius 2 is 1.12 bits per heavy atom. The summed E-state index contributed by atoms with van der Waals surface area (Å²) in [5.74, 6) is 0. The van der Waals surface area contributed by atoms with Crippen molar-refractivity contribution in [2.45, 2.75) is 15.2 Å². The lowest BCUT2D eigenvalue weighted by Crippen LogP contribution is -2.32. The average molecular weight is 548 g/mol. The molecule has 2 aliphatic rings. The Hall–Kier alpha value is -4.24. The minimum Gasteiger partial charge on any atom is -0.309 e. The van der Waals surface area contributed by atoms with Gasteiger partial charge in [-0.15, -0.1) is 0 Å². The summed E-state index contributed by atoms with van der Waals surface area (Å²) >= 11 is 8.37. The van der Waals surface area contributed by atoms with Crippen LogP contribution < -0.4 is 0 Å². The minimum absolute atomic E-state index is 0.386. The van der Waals surface area contributed by atoms with Gasteiger partial charge in [0.2, 0.25) is 0 Å². The molecule has 1 aromatic heterocycles. The quantitative estimate of drug-likeness (QED) is 0.198. The Labute approximate surface area is 241 Å². The largest absolute Gasteiger partial charge is 0.309 e. The summed E-state index contributed by atoms with van der Waals surface area (Å²) in [6.45, 7) is 0. The van der Waals surface area contributed by atoms with Crippen molar-refractivity contribution in [1.29, 1.82) is 0 Å². The van der Waals surface area contributed by atoms with Crippen molar-refractivity contribution < 1.29 is 0 Å². The van der Waals surface area contributed by atoms with E-state index >= 15 is 0 Å². The van der Waals surface area contributed by atoms with Crippen LogP contribution in [-0.4, -0.2) is 4.57 Å². The van der Waals surface area contributed by atoms with Crippen LogP contribution in [0.5, 0.6) is 0 Å². The second-order valence-corrected chi connectivity index (χ2v) is 12.2. The third-order valence-electron chi connectivity index (χ3n) is 8.72. The molecule has 0 unspecified atom stereocenters. The molecule has 0 N–H and O–H groups in total. The smallest absolute Gasteiger partial charge is 0.0736 e. The molecule has 40 heavy (non-hydrogen) atoms. The number of rotatable bonds is 1. The number of para-hydroxylation sites is 1. The molecule has 1 aliphatic carbocycles. The van der Waals surface area contributed by atoms with Gasteiger partial charge in [0.1, 0.15) is 0 Å². The van der Waals surface area contributed by atoms with Crippen molar-refractivity contribution >= 4 is 45.2 Å². The second-order valence-electron chi connectivity index (χ2n) is 10.6. The summed E-state index contributed by atoms with van der Waals surface area (Å²) in [4.78, 5) is 2.64. The van der Waals surface area contributed by atoms with Crippen molar-refractivity contribution in [2.24, 2.45) is 0 Å². The zero-order chi connectivity index (χ0) is 26.4. The van der Waals surface area contributed by atoms with E-state index in [1.165, 1.54) is 59.5 Å². The molecule has 7 aromatic rings. The van der Waals surface area contributed by atoms with Crippen LogP contribution in [0.2, 0.25) is 5.02 Å². The number of nitrogens with zero attached hydrogens (tertiary/aromatic N) is 1. The molecule has 0 fully saturated rings. The molecule has 0 amide bonds. The Kier molecular flexibility index (Phi) is 4.59. The van der Waals surface area contributed by atoms with E-state index < -0.39 is 0 Å². The number of fused-ring (bicyclic) bond motifs is 12. The maximum atomic E-state index is 6.48. The van der Waals surface area contributed by atoms with Crippen molar-refractivity contribution in [2.75, 3.05) is 0 Å². The first-order valence-corrected chi connectivity index (χ1v) is 14.7. The highest BCUT2D eigenvalue weighted by molar-refractivity contribution is 7.99. The van der Waals surface area contributed by atoms with E-state index in [9.17, 15) is 0 Å². The summed E-state index contributed by atoms with van der Waals surface area (Å²) in [5, 5.41) is 3.14. The first-order chi connectivity index (χ1) is 19.7. The van der Waals surface area contributed by atoms with Crippen LogP contribution in [0, 0.1) is 0 Å². The molecule has 1 aliphatic heterocycles. The summed E-state index contributed by atoms with van der Waals surface area (Å²) in [5.41, 5.74) is 11.2. The highest BCUT2D eigenvalue weighted by atomic mass is 35.5. The van der Waals surface area contributed by atoms with Crippen LogP contribution in [0.15, 0.2) is 143 Å². The normalized spacial score (nSPS) is 14.2. The molecule has 2 heterocycles. The summed E-state index contributed by atoms with van der Waals surface area (Å²) in [6.07, 6.45) is 0. The summed E-state index contributed by atoms with van der Waals surface area (Å²) in [6, 6.07) is 48.8. The van der Waals surface area contributed by atoms with Crippen molar-refractivity contribution in [3.8, 4) is 16.8 Å². The highest BCUT2D eigenvalue weighted by Gasteiger charge is 2.50. The van der Waals surface area contributed by atoms with E-state index in [0.717, 1.165) is 16.2 Å². The molecule has 3 heteroatoms. The first kappa shape index (κ1) is 22.6. The third-order valence-corrected chi connectivity index (χ3v) is 10.1. The maximum absolute atomic E-state index is 6.48. The highest BCUT2D eigenvalue weighted by Crippen LogP contribution is 2.62. The van der Waals surface area contributed by atoms with Gasteiger partial charge in [-0.2, -0.15) is 0 Å². The number of hydrogen-bond donors (Lipinski definition) is 0. The molecule has 0 saturated heterocycles. The van der Waals surface area contributed by atoms with E-state index in [-0.39, 0.29) is 5.41 Å². The molecule has 9 rings (SSSR count). The molecular formula is C37H22ClNS. The lowest BCUT2D eigenvalue weighted by Gasteiger charge is -2.39. The fourth-order valence-electron chi connectivity index (χ4n) is 7.20. The first-order valence-electron chi connectivity index (χ1n) is 13.6. The number of aromatic nitrogens is 1. The molecule has 0 radical (unpaired) electrons. The Balaban J connectivity index is 1.43. The third kappa shape index (κ3) is 2.80. The van der Waals surface area contributed by atoms with Crippen LogP contribution >= 0.6 is 23.4 Å². The number of benzene rings is 6. The van der Waals surface area contributed by atoms with Gasteiger partial charge in [0, 0.05) is 31.3 Å². The van der Waals surface area contributed by atoms with Gasteiger partial charge in [0.25, 0.3) is 0 Å². The molecule has 1 spiro atoms. The molecule has 0 atom stereocenters. The summed E-state index contributed by atoms with van der Waals surface area (Å²) < 4.78 is 2.40. The van der Waals surface area contributed by atoms with E-state index in [0.29, 0.717) is 0 Å². The molecule has 188 valence electrons. The van der Waals surface area contributed by atoms with Gasteiger partial charge in [0.05, 0.1) is 16.4 Å². The van der Waals surface area contributed by atoms with Gasteiger partial charge in [-0.05, 0) is 81.9 Å². The van der Waals surface area contributed by atoms with Crippen LogP contribution in [-0.2, 0) is 5.41 Å². The standard InChI is InChI=1S/C37H22ClNS/c38-23-17-20-34-28(21-23)27-10-2-6-14-33(27)39(34)24-18-19-26-25-9-1-3-11-29(25)37(32(26)22-24)30-12-4-7-15-35(30)40-36-16-8-5-13-31(36)37/h1-22H. The number of halogens is 1. The van der Waals surface area contributed by atoms with Gasteiger partial charge in [-0.25, -0.2) is 0 Å². The van der Waals surface area contributed by atoms with Crippen LogP contribution in [0.25, 0.3) is 38.6 Å². The van der Waals surface area contributed by atoms with Gasteiger partial charge < -0.3 is 4.57 Å². The maximum Gasteiger partial charge on any atom is 0.0736 e.